The van der Waals surface area contributed by atoms with E-state index in [1.807, 2.05) is 18.2 Å². The van der Waals surface area contributed by atoms with Gasteiger partial charge in [-0.25, -0.2) is 0 Å². The molecule has 0 aromatic heterocycles. The fourth-order valence-corrected chi connectivity index (χ4v) is 2.10. The number of morpholine rings is 1. The monoisotopic (exact) mass is 547 g/mol. The van der Waals surface area contributed by atoms with E-state index < -0.39 is 0 Å². The molecule has 0 radical (unpaired) electrons. The van der Waals surface area contributed by atoms with E-state index in [2.05, 4.69) is 49.0 Å². The van der Waals surface area contributed by atoms with E-state index in [4.69, 9.17) is 41.3 Å². The first-order chi connectivity index (χ1) is 12.3. The number of hydrogen-bond donors (Lipinski definition) is 2. The Morgan fingerprint density at radius 3 is 1.81 bits per heavy atom. The molecule has 0 saturated carbocycles. The van der Waals surface area contributed by atoms with Crippen LogP contribution in [0.1, 0.15) is 11.7 Å². The maximum atomic E-state index is 7.50. The van der Waals surface area contributed by atoms with Gasteiger partial charge in [0.25, 0.3) is 0 Å². The summed E-state index contributed by atoms with van der Waals surface area (Å²) in [6.07, 6.45) is 0.0394. The van der Waals surface area contributed by atoms with Gasteiger partial charge in [-0.3, -0.25) is 4.90 Å². The third-order valence-corrected chi connectivity index (χ3v) is 2.92. The van der Waals surface area contributed by atoms with E-state index in [0.717, 1.165) is 26.3 Å². The summed E-state index contributed by atoms with van der Waals surface area (Å²) in [5.41, 5.74) is 6.77. The van der Waals surface area contributed by atoms with E-state index in [9.17, 15) is 0 Å². The fourth-order valence-electron chi connectivity index (χ4n) is 1.99. The number of thiocarbonyl (C=S) groups is 1. The number of nitrogens with two attached hydrogens (primary N) is 1. The minimum atomic E-state index is 0. The van der Waals surface area contributed by atoms with E-state index in [0.29, 0.717) is 5.11 Å². The second-order valence-electron chi connectivity index (χ2n) is 3.97. The van der Waals surface area contributed by atoms with Gasteiger partial charge in [-0.2, -0.15) is 0 Å². The largest absolute Gasteiger partial charge is 0 e. The summed E-state index contributed by atoms with van der Waals surface area (Å²) in [5, 5.41) is 3.47. The number of ether oxygens (including phenoxy) is 1. The Hall–Kier alpha value is -1.52. The van der Waals surface area contributed by atoms with Gasteiger partial charge in [0.05, 0.1) is 13.2 Å². The van der Waals surface area contributed by atoms with Crippen LogP contribution in [0.25, 0.3) is 0 Å². The number of nitrogens with zero attached hydrogens (tertiary/aromatic N) is 1. The number of hydrogen-bond acceptors (Lipinski definition) is 3. The topological polar surface area (TPSA) is 130 Å². The molecule has 8 nitrogen and oxygen atoms in total. The van der Waals surface area contributed by atoms with Gasteiger partial charge in [-0.15, -0.1) is 0 Å². The van der Waals surface area contributed by atoms with Crippen molar-refractivity contribution in [3.05, 3.63) is 62.5 Å². The van der Waals surface area contributed by atoms with Gasteiger partial charge in [0, 0.05) is 34.2 Å². The van der Waals surface area contributed by atoms with Crippen molar-refractivity contribution in [1.82, 2.24) is 10.2 Å². The predicted octanol–water partition coefficient (Wildman–Crippen LogP) is 0.698. The Morgan fingerprint density at radius 1 is 1.00 bits per heavy atom. The average Bonchev–Trinajstić information content (AvgIpc) is 2.73. The summed E-state index contributed by atoms with van der Waals surface area (Å²) in [5.74, 6) is 0. The van der Waals surface area contributed by atoms with Crippen molar-refractivity contribution in [1.29, 1.82) is 0 Å². The summed E-state index contributed by atoms with van der Waals surface area (Å²) >= 11 is 4.95. The maximum absolute atomic E-state index is 7.50. The molecule has 0 bridgehead atoms. The summed E-state index contributed by atoms with van der Waals surface area (Å²) in [6, 6.07) is 10.2. The zero-order valence-electron chi connectivity index (χ0n) is 13.7. The summed E-state index contributed by atoms with van der Waals surface area (Å²) in [6.45, 7) is 21.3. The van der Waals surface area contributed by atoms with Gasteiger partial charge in [0.1, 0.15) is 6.17 Å². The summed E-state index contributed by atoms with van der Waals surface area (Å²) in [4.78, 5) is 2.29. The van der Waals surface area contributed by atoms with Crippen LogP contribution in [0.4, 0.5) is 0 Å². The molecule has 3 N–H and O–H groups in total. The first-order valence-corrected chi connectivity index (χ1v) is 6.92. The van der Waals surface area contributed by atoms with Crippen molar-refractivity contribution in [2.24, 2.45) is 5.73 Å². The van der Waals surface area contributed by atoms with Gasteiger partial charge < -0.3 is 15.8 Å². The molecule has 1 atom stereocenters. The maximum Gasteiger partial charge on any atom is 0 e. The molecule has 26 heavy (non-hydrogen) atoms. The smallest absolute Gasteiger partial charge is 0 e. The Balaban J connectivity index is -0.000000238. The first kappa shape index (κ1) is 32.2. The minimum Gasteiger partial charge on any atom is 0 e. The molecular weight excluding hydrogens is 530 g/mol. The SMILES string of the molecule is NC(=S)NC(c1ccccc1)N1CCOCC1.[C-]#[O+].[C-]#[O+].[C-]#[O+].[C-]#[O+].[W]. The van der Waals surface area contributed by atoms with E-state index >= 15 is 0 Å². The quantitative estimate of drug-likeness (QED) is 0.327. The average molecular weight is 547 g/mol. The van der Waals surface area contributed by atoms with Crippen molar-refractivity contribution in [3.8, 4) is 0 Å². The molecule has 1 heterocycles. The van der Waals surface area contributed by atoms with Gasteiger partial charge >= 0.3 is 45.2 Å². The fraction of sp³-hybridized carbons (Fsp3) is 0.312. The Morgan fingerprint density at radius 2 is 1.42 bits per heavy atom. The second kappa shape index (κ2) is 25.7. The number of rotatable bonds is 3. The molecule has 2 rings (SSSR count). The van der Waals surface area contributed by atoms with Gasteiger partial charge in [0.15, 0.2) is 5.11 Å². The third kappa shape index (κ3) is 14.8. The van der Waals surface area contributed by atoms with Crippen molar-refractivity contribution in [2.75, 3.05) is 26.3 Å². The molecule has 1 aliphatic heterocycles. The molecule has 138 valence electrons. The Bertz CT molecular complexity index is 507. The van der Waals surface area contributed by atoms with Crippen molar-refractivity contribution in [3.63, 3.8) is 0 Å². The standard InChI is InChI=1S/C12H17N3OS.4CO.W/c13-12(17)14-11(10-4-2-1-3-5-10)15-6-8-16-9-7-15;4*1-2;/h1-5,11H,6-9H2,(H3,13,14,17);;;;;. The predicted molar refractivity (Wildman–Crippen MR) is 87.2 cm³/mol. The molecule has 0 amide bonds. The van der Waals surface area contributed by atoms with Crippen LogP contribution < -0.4 is 11.1 Å². The Kier molecular flexibility index (Phi) is 31.8. The van der Waals surface area contributed by atoms with Crippen LogP contribution in [0.3, 0.4) is 0 Å². The first-order valence-electron chi connectivity index (χ1n) is 6.52. The van der Waals surface area contributed by atoms with Crippen LogP contribution in [0.5, 0.6) is 0 Å². The van der Waals surface area contributed by atoms with Crippen LogP contribution in [0, 0.1) is 26.6 Å². The molecule has 1 unspecified atom stereocenters. The molecule has 1 aromatic carbocycles. The van der Waals surface area contributed by atoms with Gasteiger partial charge in [-0.1, -0.05) is 30.3 Å². The molecule has 10 heteroatoms. The van der Waals surface area contributed by atoms with E-state index in [1.54, 1.807) is 0 Å². The molecule has 1 aromatic rings. The number of nitrogens with one attached hydrogen (secondary N) is 1. The molecule has 1 fully saturated rings. The normalized spacial score (nSPS) is 12.5. The van der Waals surface area contributed by atoms with Gasteiger partial charge in [0.2, 0.25) is 0 Å². The van der Waals surface area contributed by atoms with Crippen LogP contribution in [-0.4, -0.2) is 36.3 Å². The summed E-state index contributed by atoms with van der Waals surface area (Å²) < 4.78 is 35.4. The van der Waals surface area contributed by atoms with Crippen LogP contribution in [0.15, 0.2) is 30.3 Å². The van der Waals surface area contributed by atoms with E-state index in [-0.39, 0.29) is 27.2 Å². The Labute approximate surface area is 172 Å². The second-order valence-corrected chi connectivity index (χ2v) is 4.41. The van der Waals surface area contributed by atoms with Gasteiger partial charge in [-0.05, 0) is 17.8 Å². The third-order valence-electron chi connectivity index (χ3n) is 2.81. The van der Waals surface area contributed by atoms with E-state index in [1.165, 1.54) is 5.56 Å². The van der Waals surface area contributed by atoms with Crippen molar-refractivity contribution >= 4 is 17.3 Å². The number of benzene rings is 1. The minimum absolute atomic E-state index is 0. The molecule has 1 saturated heterocycles. The molecular formula is C16H17N3O5SW. The zero-order chi connectivity index (χ0) is 20.1. The van der Waals surface area contributed by atoms with Crippen molar-refractivity contribution < 1.29 is 44.4 Å². The molecule has 0 aliphatic carbocycles. The zero-order valence-corrected chi connectivity index (χ0v) is 17.4. The van der Waals surface area contributed by atoms with Crippen LogP contribution in [-0.2, 0) is 44.4 Å². The van der Waals surface area contributed by atoms with Crippen LogP contribution >= 0.6 is 12.2 Å². The van der Waals surface area contributed by atoms with Crippen molar-refractivity contribution in [2.45, 2.75) is 6.17 Å². The molecule has 0 spiro atoms. The summed E-state index contributed by atoms with van der Waals surface area (Å²) in [7, 11) is 0. The molecule has 1 aliphatic rings. The van der Waals surface area contributed by atoms with Crippen LogP contribution in [0.2, 0.25) is 0 Å².